The molecule has 0 radical (unpaired) electrons. The number of morpholine rings is 1. The van der Waals surface area contributed by atoms with Gasteiger partial charge in [-0.15, -0.1) is 0 Å². The molecule has 1 fully saturated rings. The number of hydrogen-bond acceptors (Lipinski definition) is 3. The van der Waals surface area contributed by atoms with Crippen LogP contribution in [0.5, 0.6) is 0 Å². The molecular weight excluding hydrogens is 364 g/mol. The van der Waals surface area contributed by atoms with E-state index in [9.17, 15) is 9.59 Å². The predicted octanol–water partition coefficient (Wildman–Crippen LogP) is 3.47. The second-order valence-corrected chi connectivity index (χ2v) is 6.85. The Hall–Kier alpha value is -3.44. The fraction of sp³-hybridized carbons (Fsp3) is 0.167. The van der Waals surface area contributed by atoms with Crippen molar-refractivity contribution in [1.82, 2.24) is 10.2 Å². The average molecular weight is 386 g/mol. The molecule has 2 amide bonds. The summed E-state index contributed by atoms with van der Waals surface area (Å²) in [7, 11) is 0. The number of hydrogen-bond donors (Lipinski definition) is 1. The van der Waals surface area contributed by atoms with E-state index in [1.54, 1.807) is 35.2 Å². The lowest BCUT2D eigenvalue weighted by atomic mass is 10.0. The minimum absolute atomic E-state index is 0.203. The van der Waals surface area contributed by atoms with E-state index < -0.39 is 0 Å². The highest BCUT2D eigenvalue weighted by atomic mass is 16.5. The molecule has 0 atom stereocenters. The van der Waals surface area contributed by atoms with Gasteiger partial charge in [0.2, 0.25) is 0 Å². The first-order chi connectivity index (χ1) is 14.2. The molecule has 4 rings (SSSR count). The third-order valence-electron chi connectivity index (χ3n) is 4.94. The molecule has 1 saturated heterocycles. The van der Waals surface area contributed by atoms with Gasteiger partial charge in [0.05, 0.1) is 13.2 Å². The van der Waals surface area contributed by atoms with E-state index in [1.165, 1.54) is 0 Å². The number of amides is 2. The van der Waals surface area contributed by atoms with Crippen molar-refractivity contribution in [3.05, 3.63) is 89.6 Å². The number of benzene rings is 3. The zero-order chi connectivity index (χ0) is 20.1. The number of fused-ring (bicyclic) bond motifs is 1. The largest absolute Gasteiger partial charge is 0.378 e. The van der Waals surface area contributed by atoms with E-state index in [1.807, 2.05) is 48.5 Å². The van der Waals surface area contributed by atoms with Crippen molar-refractivity contribution >= 4 is 28.7 Å². The highest BCUT2D eigenvalue weighted by Crippen LogP contribution is 2.21. The SMILES string of the molecule is O=C(N/C(=C\c1cccc2ccccc12)C(=O)N1CCOCC1)c1ccccc1. The Balaban J connectivity index is 1.71. The molecule has 29 heavy (non-hydrogen) atoms. The lowest BCUT2D eigenvalue weighted by molar-refractivity contribution is -0.131. The van der Waals surface area contributed by atoms with Crippen molar-refractivity contribution in [2.24, 2.45) is 0 Å². The summed E-state index contributed by atoms with van der Waals surface area (Å²) in [6.45, 7) is 2.01. The van der Waals surface area contributed by atoms with Gasteiger partial charge in [-0.2, -0.15) is 0 Å². The number of rotatable bonds is 4. The Morgan fingerprint density at radius 1 is 0.862 bits per heavy atom. The van der Waals surface area contributed by atoms with Gasteiger partial charge in [0.15, 0.2) is 0 Å². The van der Waals surface area contributed by atoms with E-state index in [4.69, 9.17) is 4.74 Å². The molecular formula is C24H22N2O3. The van der Waals surface area contributed by atoms with Gasteiger partial charge in [-0.05, 0) is 34.5 Å². The Bertz CT molecular complexity index is 1050. The first kappa shape index (κ1) is 18.9. The first-order valence-electron chi connectivity index (χ1n) is 9.65. The van der Waals surface area contributed by atoms with Crippen LogP contribution in [0, 0.1) is 0 Å². The van der Waals surface area contributed by atoms with Gasteiger partial charge < -0.3 is 15.0 Å². The summed E-state index contributed by atoms with van der Waals surface area (Å²) in [6.07, 6.45) is 1.76. The van der Waals surface area contributed by atoms with E-state index in [0.29, 0.717) is 31.9 Å². The van der Waals surface area contributed by atoms with Crippen LogP contribution in [0.3, 0.4) is 0 Å². The molecule has 3 aromatic rings. The molecule has 0 saturated carbocycles. The maximum atomic E-state index is 13.2. The summed E-state index contributed by atoms with van der Waals surface area (Å²) in [4.78, 5) is 27.7. The van der Waals surface area contributed by atoms with Crippen LogP contribution < -0.4 is 5.32 Å². The summed E-state index contributed by atoms with van der Waals surface area (Å²) in [5, 5.41) is 4.94. The van der Waals surface area contributed by atoms with Crippen LogP contribution in [-0.2, 0) is 9.53 Å². The van der Waals surface area contributed by atoms with Gasteiger partial charge in [-0.25, -0.2) is 0 Å². The second-order valence-electron chi connectivity index (χ2n) is 6.85. The lowest BCUT2D eigenvalue weighted by Crippen LogP contribution is -2.44. The van der Waals surface area contributed by atoms with E-state index in [-0.39, 0.29) is 17.5 Å². The highest BCUT2D eigenvalue weighted by molar-refractivity contribution is 6.06. The van der Waals surface area contributed by atoms with E-state index in [2.05, 4.69) is 5.32 Å². The van der Waals surface area contributed by atoms with Crippen LogP contribution in [0.4, 0.5) is 0 Å². The zero-order valence-electron chi connectivity index (χ0n) is 16.0. The molecule has 1 heterocycles. The Morgan fingerprint density at radius 3 is 2.34 bits per heavy atom. The van der Waals surface area contributed by atoms with Crippen LogP contribution in [0.1, 0.15) is 15.9 Å². The molecule has 1 aliphatic rings. The Morgan fingerprint density at radius 2 is 1.55 bits per heavy atom. The summed E-state index contributed by atoms with van der Waals surface area (Å²) in [5.74, 6) is -0.510. The third kappa shape index (κ3) is 4.36. The smallest absolute Gasteiger partial charge is 0.270 e. The summed E-state index contributed by atoms with van der Waals surface area (Å²) >= 11 is 0. The predicted molar refractivity (Wildman–Crippen MR) is 113 cm³/mol. The Labute approximate surface area is 169 Å². The summed E-state index contributed by atoms with van der Waals surface area (Å²) < 4.78 is 5.36. The normalized spacial score (nSPS) is 14.6. The standard InChI is InChI=1S/C24H22N2O3/c27-23(19-8-2-1-3-9-19)25-22(24(28)26-13-15-29-16-14-26)17-20-11-6-10-18-7-4-5-12-21(18)20/h1-12,17H,13-16H2,(H,25,27)/b22-17-. The molecule has 1 aliphatic heterocycles. The number of nitrogens with zero attached hydrogens (tertiary/aromatic N) is 1. The minimum atomic E-state index is -0.307. The van der Waals surface area contributed by atoms with E-state index in [0.717, 1.165) is 16.3 Å². The Kier molecular flexibility index (Phi) is 5.68. The van der Waals surface area contributed by atoms with Crippen LogP contribution in [0.15, 0.2) is 78.5 Å². The van der Waals surface area contributed by atoms with Crippen molar-refractivity contribution < 1.29 is 14.3 Å². The molecule has 0 spiro atoms. The highest BCUT2D eigenvalue weighted by Gasteiger charge is 2.22. The molecule has 0 aromatic heterocycles. The quantitative estimate of drug-likeness (QED) is 0.699. The maximum absolute atomic E-state index is 13.2. The number of carbonyl (C=O) groups excluding carboxylic acids is 2. The van der Waals surface area contributed by atoms with Crippen LogP contribution in [0.2, 0.25) is 0 Å². The molecule has 146 valence electrons. The van der Waals surface area contributed by atoms with Crippen molar-refractivity contribution in [2.45, 2.75) is 0 Å². The monoisotopic (exact) mass is 386 g/mol. The van der Waals surface area contributed by atoms with Crippen LogP contribution in [-0.4, -0.2) is 43.0 Å². The van der Waals surface area contributed by atoms with Gasteiger partial charge in [0.25, 0.3) is 11.8 Å². The molecule has 5 heteroatoms. The molecule has 1 N–H and O–H groups in total. The summed E-state index contributed by atoms with van der Waals surface area (Å²) in [5.41, 5.74) is 1.65. The van der Waals surface area contributed by atoms with Crippen molar-refractivity contribution in [1.29, 1.82) is 0 Å². The number of carbonyl (C=O) groups is 2. The lowest BCUT2D eigenvalue weighted by Gasteiger charge is -2.28. The van der Waals surface area contributed by atoms with Crippen molar-refractivity contribution in [3.8, 4) is 0 Å². The molecule has 0 unspecified atom stereocenters. The number of nitrogens with one attached hydrogen (secondary N) is 1. The average Bonchev–Trinajstić information content (AvgIpc) is 2.79. The van der Waals surface area contributed by atoms with Crippen LogP contribution in [0.25, 0.3) is 16.8 Å². The van der Waals surface area contributed by atoms with Gasteiger partial charge >= 0.3 is 0 Å². The maximum Gasteiger partial charge on any atom is 0.270 e. The third-order valence-corrected chi connectivity index (χ3v) is 4.94. The van der Waals surface area contributed by atoms with Crippen LogP contribution >= 0.6 is 0 Å². The van der Waals surface area contributed by atoms with E-state index >= 15 is 0 Å². The van der Waals surface area contributed by atoms with Crippen molar-refractivity contribution in [3.63, 3.8) is 0 Å². The zero-order valence-corrected chi connectivity index (χ0v) is 16.0. The molecule has 3 aromatic carbocycles. The topological polar surface area (TPSA) is 58.6 Å². The van der Waals surface area contributed by atoms with Gasteiger partial charge in [-0.1, -0.05) is 60.7 Å². The molecule has 5 nitrogen and oxygen atoms in total. The fourth-order valence-electron chi connectivity index (χ4n) is 3.40. The fourth-order valence-corrected chi connectivity index (χ4v) is 3.40. The first-order valence-corrected chi connectivity index (χ1v) is 9.65. The van der Waals surface area contributed by atoms with Gasteiger partial charge in [0, 0.05) is 18.7 Å². The summed E-state index contributed by atoms with van der Waals surface area (Å²) in [6, 6.07) is 22.8. The minimum Gasteiger partial charge on any atom is -0.378 e. The number of ether oxygens (including phenoxy) is 1. The van der Waals surface area contributed by atoms with Crippen molar-refractivity contribution in [2.75, 3.05) is 26.3 Å². The van der Waals surface area contributed by atoms with Gasteiger partial charge in [0.1, 0.15) is 5.70 Å². The molecule has 0 aliphatic carbocycles. The van der Waals surface area contributed by atoms with Gasteiger partial charge in [-0.3, -0.25) is 9.59 Å². The second kappa shape index (κ2) is 8.71. The molecule has 0 bridgehead atoms.